The predicted molar refractivity (Wildman–Crippen MR) is 106 cm³/mol. The lowest BCUT2D eigenvalue weighted by Crippen LogP contribution is -2.27. The highest BCUT2D eigenvalue weighted by Crippen LogP contribution is 2.30. The van der Waals surface area contributed by atoms with E-state index in [0.29, 0.717) is 29.5 Å². The van der Waals surface area contributed by atoms with Gasteiger partial charge >= 0.3 is 0 Å². The lowest BCUT2D eigenvalue weighted by molar-refractivity contribution is 0.0933. The van der Waals surface area contributed by atoms with Gasteiger partial charge in [0.2, 0.25) is 0 Å². The third kappa shape index (κ3) is 4.14. The van der Waals surface area contributed by atoms with Gasteiger partial charge in [0.15, 0.2) is 17.2 Å². The number of benzene rings is 2. The van der Waals surface area contributed by atoms with E-state index >= 15 is 0 Å². The first-order valence-corrected chi connectivity index (χ1v) is 9.14. The van der Waals surface area contributed by atoms with E-state index in [-0.39, 0.29) is 11.9 Å². The Bertz CT molecular complexity index is 954. The van der Waals surface area contributed by atoms with Gasteiger partial charge in [-0.15, -0.1) is 5.10 Å². The van der Waals surface area contributed by atoms with Crippen LogP contribution in [0, 0.1) is 6.92 Å². The Labute approximate surface area is 164 Å². The lowest BCUT2D eigenvalue weighted by Gasteiger charge is -2.16. The second-order valence-electron chi connectivity index (χ2n) is 6.30. The van der Waals surface area contributed by atoms with Gasteiger partial charge in [0.25, 0.3) is 5.91 Å². The SMILES string of the molecule is CCOc1ccc(C(C)NC(=O)c2nn(-c3ccccc3)nc2C)cc1OC. The van der Waals surface area contributed by atoms with E-state index < -0.39 is 0 Å². The lowest BCUT2D eigenvalue weighted by atomic mass is 10.1. The molecule has 1 aromatic heterocycles. The molecule has 1 heterocycles. The third-order valence-corrected chi connectivity index (χ3v) is 4.32. The number of hydrogen-bond donors (Lipinski definition) is 1. The van der Waals surface area contributed by atoms with Crippen molar-refractivity contribution in [3.63, 3.8) is 0 Å². The molecule has 28 heavy (non-hydrogen) atoms. The summed E-state index contributed by atoms with van der Waals surface area (Å²) in [5.74, 6) is 1.03. The number of nitrogens with zero attached hydrogens (tertiary/aromatic N) is 3. The van der Waals surface area contributed by atoms with Gasteiger partial charge in [-0.2, -0.15) is 9.90 Å². The van der Waals surface area contributed by atoms with Crippen molar-refractivity contribution < 1.29 is 14.3 Å². The first-order valence-electron chi connectivity index (χ1n) is 9.14. The van der Waals surface area contributed by atoms with E-state index in [4.69, 9.17) is 9.47 Å². The van der Waals surface area contributed by atoms with Gasteiger partial charge in [0.05, 0.1) is 31.1 Å². The first kappa shape index (κ1) is 19.4. The summed E-state index contributed by atoms with van der Waals surface area (Å²) >= 11 is 0. The predicted octanol–water partition coefficient (Wildman–Crippen LogP) is 3.47. The highest BCUT2D eigenvalue weighted by atomic mass is 16.5. The quantitative estimate of drug-likeness (QED) is 0.679. The van der Waals surface area contributed by atoms with Gasteiger partial charge in [-0.25, -0.2) is 0 Å². The summed E-state index contributed by atoms with van der Waals surface area (Å²) in [5.41, 5.74) is 2.57. The average Bonchev–Trinajstić information content (AvgIpc) is 3.11. The van der Waals surface area contributed by atoms with E-state index in [1.807, 2.05) is 62.4 Å². The van der Waals surface area contributed by atoms with Crippen LogP contribution in [0.5, 0.6) is 11.5 Å². The topological polar surface area (TPSA) is 78.3 Å². The average molecular weight is 380 g/mol. The molecule has 7 nitrogen and oxygen atoms in total. The van der Waals surface area contributed by atoms with Crippen LogP contribution in [-0.2, 0) is 0 Å². The molecule has 0 spiro atoms. The second kappa shape index (κ2) is 8.56. The van der Waals surface area contributed by atoms with Gasteiger partial charge in [0, 0.05) is 0 Å². The number of methoxy groups -OCH3 is 1. The maximum absolute atomic E-state index is 12.7. The fourth-order valence-electron chi connectivity index (χ4n) is 2.84. The number of para-hydroxylation sites is 1. The van der Waals surface area contributed by atoms with Gasteiger partial charge in [-0.3, -0.25) is 4.79 Å². The molecular weight excluding hydrogens is 356 g/mol. The molecule has 0 aliphatic heterocycles. The summed E-state index contributed by atoms with van der Waals surface area (Å²) in [5, 5.41) is 11.7. The Hall–Kier alpha value is -3.35. The summed E-state index contributed by atoms with van der Waals surface area (Å²) in [6, 6.07) is 14.9. The van der Waals surface area contributed by atoms with Crippen LogP contribution in [-0.4, -0.2) is 34.6 Å². The van der Waals surface area contributed by atoms with Crippen molar-refractivity contribution >= 4 is 5.91 Å². The molecule has 0 aliphatic rings. The number of rotatable bonds is 7. The molecule has 1 atom stereocenters. The van der Waals surface area contributed by atoms with Gasteiger partial charge < -0.3 is 14.8 Å². The van der Waals surface area contributed by atoms with Crippen LogP contribution in [0.2, 0.25) is 0 Å². The Kier molecular flexibility index (Phi) is 5.93. The molecule has 0 fully saturated rings. The Morgan fingerprint density at radius 3 is 2.57 bits per heavy atom. The maximum atomic E-state index is 12.7. The minimum atomic E-state index is -0.278. The molecule has 0 aliphatic carbocycles. The molecule has 7 heteroatoms. The van der Waals surface area contributed by atoms with E-state index in [9.17, 15) is 4.79 Å². The molecule has 2 aromatic carbocycles. The summed E-state index contributed by atoms with van der Waals surface area (Å²) < 4.78 is 10.9. The number of carbonyl (C=O) groups is 1. The molecule has 0 saturated carbocycles. The minimum Gasteiger partial charge on any atom is -0.493 e. The van der Waals surface area contributed by atoms with Crippen LogP contribution >= 0.6 is 0 Å². The maximum Gasteiger partial charge on any atom is 0.274 e. The van der Waals surface area contributed by atoms with Crippen molar-refractivity contribution in [2.75, 3.05) is 13.7 Å². The van der Waals surface area contributed by atoms with Crippen LogP contribution < -0.4 is 14.8 Å². The normalized spacial score (nSPS) is 11.7. The summed E-state index contributed by atoms with van der Waals surface area (Å²) in [6.45, 7) is 6.15. The molecule has 1 amide bonds. The Balaban J connectivity index is 1.77. The zero-order valence-electron chi connectivity index (χ0n) is 16.5. The first-order chi connectivity index (χ1) is 13.5. The van der Waals surface area contributed by atoms with E-state index in [0.717, 1.165) is 11.3 Å². The number of amides is 1. The fraction of sp³-hybridized carbons (Fsp3) is 0.286. The van der Waals surface area contributed by atoms with Crippen molar-refractivity contribution in [3.8, 4) is 17.2 Å². The van der Waals surface area contributed by atoms with Crippen molar-refractivity contribution in [1.82, 2.24) is 20.3 Å². The van der Waals surface area contributed by atoms with Gasteiger partial charge in [-0.1, -0.05) is 24.3 Å². The standard InChI is InChI=1S/C21H24N4O3/c1-5-28-18-12-11-16(13-19(18)27-4)14(2)22-21(26)20-15(3)23-25(24-20)17-9-7-6-8-10-17/h6-14H,5H2,1-4H3,(H,22,26). The van der Waals surface area contributed by atoms with Crippen molar-refractivity contribution in [1.29, 1.82) is 0 Å². The molecule has 0 saturated heterocycles. The summed E-state index contributed by atoms with van der Waals surface area (Å²) in [4.78, 5) is 14.2. The number of hydrogen-bond acceptors (Lipinski definition) is 5. The molecule has 0 bridgehead atoms. The van der Waals surface area contributed by atoms with E-state index in [2.05, 4.69) is 15.5 Å². The smallest absolute Gasteiger partial charge is 0.274 e. The molecule has 1 unspecified atom stereocenters. The largest absolute Gasteiger partial charge is 0.493 e. The summed E-state index contributed by atoms with van der Waals surface area (Å²) in [7, 11) is 1.59. The zero-order chi connectivity index (χ0) is 20.1. The van der Waals surface area contributed by atoms with Crippen LogP contribution in [0.25, 0.3) is 5.69 Å². The van der Waals surface area contributed by atoms with Crippen LogP contribution in [0.4, 0.5) is 0 Å². The number of ether oxygens (including phenoxy) is 2. The van der Waals surface area contributed by atoms with Crippen LogP contribution in [0.3, 0.4) is 0 Å². The van der Waals surface area contributed by atoms with Crippen LogP contribution in [0.15, 0.2) is 48.5 Å². The van der Waals surface area contributed by atoms with Crippen molar-refractivity contribution in [2.45, 2.75) is 26.8 Å². The van der Waals surface area contributed by atoms with Crippen LogP contribution in [0.1, 0.15) is 41.6 Å². The monoisotopic (exact) mass is 380 g/mol. The number of carbonyl (C=O) groups excluding carboxylic acids is 1. The molecule has 0 radical (unpaired) electrons. The number of aromatic nitrogens is 3. The minimum absolute atomic E-state index is 0.238. The van der Waals surface area contributed by atoms with E-state index in [1.54, 1.807) is 14.0 Å². The van der Waals surface area contributed by atoms with Gasteiger partial charge in [-0.05, 0) is 50.6 Å². The van der Waals surface area contributed by atoms with Gasteiger partial charge in [0.1, 0.15) is 0 Å². The third-order valence-electron chi connectivity index (χ3n) is 4.32. The number of nitrogens with one attached hydrogen (secondary N) is 1. The van der Waals surface area contributed by atoms with Crippen molar-refractivity contribution in [2.24, 2.45) is 0 Å². The molecular formula is C21H24N4O3. The highest BCUT2D eigenvalue weighted by molar-refractivity contribution is 5.93. The fourth-order valence-corrected chi connectivity index (χ4v) is 2.84. The number of aryl methyl sites for hydroxylation is 1. The summed E-state index contributed by atoms with van der Waals surface area (Å²) in [6.07, 6.45) is 0. The molecule has 1 N–H and O–H groups in total. The molecule has 3 aromatic rings. The Morgan fingerprint density at radius 1 is 1.14 bits per heavy atom. The van der Waals surface area contributed by atoms with E-state index in [1.165, 1.54) is 4.80 Å². The van der Waals surface area contributed by atoms with Crippen molar-refractivity contribution in [3.05, 3.63) is 65.5 Å². The molecule has 146 valence electrons. The molecule has 3 rings (SSSR count). The Morgan fingerprint density at radius 2 is 1.89 bits per heavy atom. The second-order valence-corrected chi connectivity index (χ2v) is 6.30. The zero-order valence-corrected chi connectivity index (χ0v) is 16.5. The highest BCUT2D eigenvalue weighted by Gasteiger charge is 2.19.